The Morgan fingerprint density at radius 2 is 2.19 bits per heavy atom. The maximum atomic E-state index is 5.92. The van der Waals surface area contributed by atoms with Crippen molar-refractivity contribution in [2.45, 2.75) is 13.3 Å². The van der Waals surface area contributed by atoms with Gasteiger partial charge in [0.05, 0.1) is 5.56 Å². The van der Waals surface area contributed by atoms with Crippen molar-refractivity contribution in [3.8, 4) is 11.9 Å². The Balaban J connectivity index is 2.30. The van der Waals surface area contributed by atoms with Gasteiger partial charge in [0, 0.05) is 7.05 Å². The Labute approximate surface area is 97.3 Å². The number of halogens is 1. The summed E-state index contributed by atoms with van der Waals surface area (Å²) in [5, 5.41) is 4.38. The van der Waals surface area contributed by atoms with E-state index in [2.05, 4.69) is 20.1 Å². The summed E-state index contributed by atoms with van der Waals surface area (Å²) in [5.41, 5.74) is 0.747. The molecule has 0 spiro atoms. The average molecular weight is 240 g/mol. The van der Waals surface area contributed by atoms with E-state index >= 15 is 0 Å². The second-order valence-electron chi connectivity index (χ2n) is 3.10. The molecule has 0 aliphatic heterocycles. The van der Waals surface area contributed by atoms with E-state index in [-0.39, 0.29) is 6.01 Å². The Morgan fingerprint density at radius 3 is 2.81 bits per heavy atom. The molecule has 7 heteroatoms. The van der Waals surface area contributed by atoms with Crippen LogP contribution in [0.2, 0.25) is 5.15 Å². The minimum absolute atomic E-state index is 0.243. The topological polar surface area (TPSA) is 65.7 Å². The molecule has 0 bridgehead atoms. The SMILES string of the molecule is CCc1c(Cl)ncnc1Oc1ncn(C)n1. The van der Waals surface area contributed by atoms with Crippen molar-refractivity contribution >= 4 is 11.6 Å². The van der Waals surface area contributed by atoms with Crippen molar-refractivity contribution in [3.05, 3.63) is 23.4 Å². The predicted octanol–water partition coefficient (Wildman–Crippen LogP) is 1.61. The van der Waals surface area contributed by atoms with Gasteiger partial charge in [-0.3, -0.25) is 4.68 Å². The Morgan fingerprint density at radius 1 is 1.38 bits per heavy atom. The van der Waals surface area contributed by atoms with Gasteiger partial charge < -0.3 is 4.74 Å². The van der Waals surface area contributed by atoms with Gasteiger partial charge in [0.1, 0.15) is 17.8 Å². The van der Waals surface area contributed by atoms with Crippen LogP contribution in [0.25, 0.3) is 0 Å². The minimum Gasteiger partial charge on any atom is -0.404 e. The van der Waals surface area contributed by atoms with E-state index in [1.807, 2.05) is 6.92 Å². The summed E-state index contributed by atoms with van der Waals surface area (Å²) in [7, 11) is 1.76. The van der Waals surface area contributed by atoms with Crippen molar-refractivity contribution in [1.29, 1.82) is 0 Å². The summed E-state index contributed by atoms with van der Waals surface area (Å²) in [6.45, 7) is 1.95. The van der Waals surface area contributed by atoms with Crippen LogP contribution in [0.4, 0.5) is 0 Å². The fourth-order valence-electron chi connectivity index (χ4n) is 1.21. The van der Waals surface area contributed by atoms with Crippen LogP contribution in [0, 0.1) is 0 Å². The molecule has 2 aromatic heterocycles. The van der Waals surface area contributed by atoms with Crippen molar-refractivity contribution in [2.75, 3.05) is 0 Å². The summed E-state index contributed by atoms with van der Waals surface area (Å²) >= 11 is 5.92. The van der Waals surface area contributed by atoms with Crippen molar-refractivity contribution in [2.24, 2.45) is 7.05 Å². The average Bonchev–Trinajstić information content (AvgIpc) is 2.64. The van der Waals surface area contributed by atoms with Gasteiger partial charge in [0.2, 0.25) is 5.88 Å². The van der Waals surface area contributed by atoms with Crippen molar-refractivity contribution < 1.29 is 4.74 Å². The van der Waals surface area contributed by atoms with Crippen molar-refractivity contribution in [1.82, 2.24) is 24.7 Å². The number of aromatic nitrogens is 5. The highest BCUT2D eigenvalue weighted by atomic mass is 35.5. The van der Waals surface area contributed by atoms with Crippen LogP contribution in [0.3, 0.4) is 0 Å². The highest BCUT2D eigenvalue weighted by Gasteiger charge is 2.11. The molecule has 0 fully saturated rings. The van der Waals surface area contributed by atoms with Gasteiger partial charge in [-0.05, 0) is 6.42 Å². The van der Waals surface area contributed by atoms with E-state index in [1.165, 1.54) is 6.33 Å². The van der Waals surface area contributed by atoms with Crippen LogP contribution in [0.1, 0.15) is 12.5 Å². The summed E-state index contributed by atoms with van der Waals surface area (Å²) in [5.74, 6) is 0.397. The molecular formula is C9H10ClN5O. The first kappa shape index (κ1) is 10.8. The summed E-state index contributed by atoms with van der Waals surface area (Å²) in [6.07, 6.45) is 3.57. The number of ether oxygens (including phenoxy) is 1. The number of aryl methyl sites for hydroxylation is 1. The Hall–Kier alpha value is -1.69. The maximum absolute atomic E-state index is 5.92. The number of hydrogen-bond donors (Lipinski definition) is 0. The second-order valence-corrected chi connectivity index (χ2v) is 3.46. The standard InChI is InChI=1S/C9H10ClN5O/c1-3-6-7(10)11-4-12-8(6)16-9-13-5-15(2)14-9/h4-5H,3H2,1-2H3. The van der Waals surface area contributed by atoms with Gasteiger partial charge in [0.25, 0.3) is 0 Å². The molecule has 0 amide bonds. The molecule has 0 aliphatic carbocycles. The van der Waals surface area contributed by atoms with Crippen LogP contribution in [0.15, 0.2) is 12.7 Å². The lowest BCUT2D eigenvalue weighted by molar-refractivity contribution is 0.416. The summed E-state index contributed by atoms with van der Waals surface area (Å²) in [6, 6.07) is 0.243. The van der Waals surface area contributed by atoms with E-state index in [0.29, 0.717) is 17.5 Å². The molecule has 2 heterocycles. The second kappa shape index (κ2) is 4.44. The highest BCUT2D eigenvalue weighted by molar-refractivity contribution is 6.30. The van der Waals surface area contributed by atoms with E-state index in [1.54, 1.807) is 18.1 Å². The molecule has 0 N–H and O–H groups in total. The van der Waals surface area contributed by atoms with Gasteiger partial charge in [-0.25, -0.2) is 9.97 Å². The van der Waals surface area contributed by atoms with Crippen LogP contribution in [-0.2, 0) is 13.5 Å². The highest BCUT2D eigenvalue weighted by Crippen LogP contribution is 2.24. The normalized spacial score (nSPS) is 10.4. The minimum atomic E-state index is 0.243. The first-order valence-corrected chi connectivity index (χ1v) is 5.11. The van der Waals surface area contributed by atoms with Crippen LogP contribution in [-0.4, -0.2) is 24.7 Å². The zero-order valence-electron chi connectivity index (χ0n) is 8.88. The first-order chi connectivity index (χ1) is 7.70. The Bertz CT molecular complexity index is 498. The number of rotatable bonds is 3. The van der Waals surface area contributed by atoms with E-state index in [0.717, 1.165) is 5.56 Å². The molecule has 0 radical (unpaired) electrons. The van der Waals surface area contributed by atoms with Crippen molar-refractivity contribution in [3.63, 3.8) is 0 Å². The molecule has 2 aromatic rings. The zero-order valence-corrected chi connectivity index (χ0v) is 9.64. The van der Waals surface area contributed by atoms with Crippen LogP contribution in [0.5, 0.6) is 11.9 Å². The van der Waals surface area contributed by atoms with Gasteiger partial charge in [-0.1, -0.05) is 18.5 Å². The van der Waals surface area contributed by atoms with Gasteiger partial charge >= 0.3 is 6.01 Å². The monoisotopic (exact) mass is 239 g/mol. The molecule has 2 rings (SSSR count). The van der Waals surface area contributed by atoms with E-state index in [4.69, 9.17) is 16.3 Å². The third-order valence-electron chi connectivity index (χ3n) is 1.97. The number of nitrogens with zero attached hydrogens (tertiary/aromatic N) is 5. The molecule has 0 saturated carbocycles. The third-order valence-corrected chi connectivity index (χ3v) is 2.30. The Kier molecular flexibility index (Phi) is 3.00. The lowest BCUT2D eigenvalue weighted by Crippen LogP contribution is -1.98. The third kappa shape index (κ3) is 2.11. The first-order valence-electron chi connectivity index (χ1n) is 4.73. The van der Waals surface area contributed by atoms with Crippen LogP contribution < -0.4 is 4.74 Å². The fourth-order valence-corrected chi connectivity index (χ4v) is 1.47. The molecule has 0 unspecified atom stereocenters. The molecular weight excluding hydrogens is 230 g/mol. The molecule has 0 saturated heterocycles. The smallest absolute Gasteiger partial charge is 0.342 e. The molecule has 0 aromatic carbocycles. The van der Waals surface area contributed by atoms with E-state index < -0.39 is 0 Å². The molecule has 6 nitrogen and oxygen atoms in total. The molecule has 0 atom stereocenters. The van der Waals surface area contributed by atoms with E-state index in [9.17, 15) is 0 Å². The van der Waals surface area contributed by atoms with Gasteiger partial charge in [0.15, 0.2) is 0 Å². The fraction of sp³-hybridized carbons (Fsp3) is 0.333. The maximum Gasteiger partial charge on any atom is 0.342 e. The number of hydrogen-bond acceptors (Lipinski definition) is 5. The van der Waals surface area contributed by atoms with Crippen LogP contribution >= 0.6 is 11.6 Å². The largest absolute Gasteiger partial charge is 0.404 e. The lowest BCUT2D eigenvalue weighted by Gasteiger charge is -2.05. The predicted molar refractivity (Wildman–Crippen MR) is 57.5 cm³/mol. The molecule has 84 valence electrons. The summed E-state index contributed by atoms with van der Waals surface area (Å²) in [4.78, 5) is 11.8. The molecule has 16 heavy (non-hydrogen) atoms. The van der Waals surface area contributed by atoms with Gasteiger partial charge in [-0.15, -0.1) is 5.10 Å². The zero-order chi connectivity index (χ0) is 11.5. The van der Waals surface area contributed by atoms with Gasteiger partial charge in [-0.2, -0.15) is 4.98 Å². The molecule has 0 aliphatic rings. The summed E-state index contributed by atoms with van der Waals surface area (Å²) < 4.78 is 6.97. The quantitative estimate of drug-likeness (QED) is 0.762. The lowest BCUT2D eigenvalue weighted by atomic mass is 10.2.